The van der Waals surface area contributed by atoms with E-state index in [9.17, 15) is 18.0 Å². The van der Waals surface area contributed by atoms with Crippen LogP contribution in [0.1, 0.15) is 38.3 Å². The smallest absolute Gasteiger partial charge is 0.407 e. The van der Waals surface area contributed by atoms with Crippen molar-refractivity contribution in [1.82, 2.24) is 5.32 Å². The van der Waals surface area contributed by atoms with E-state index >= 15 is 0 Å². The number of para-hydroxylation sites is 1. The van der Waals surface area contributed by atoms with Gasteiger partial charge in [-0.1, -0.05) is 30.0 Å². The summed E-state index contributed by atoms with van der Waals surface area (Å²) >= 11 is 1.34. The van der Waals surface area contributed by atoms with E-state index in [0.29, 0.717) is 5.17 Å². The Hall–Kier alpha value is -2.07. The van der Waals surface area contributed by atoms with Crippen molar-refractivity contribution in [2.75, 3.05) is 23.0 Å². The molecule has 0 spiro atoms. The van der Waals surface area contributed by atoms with Crippen molar-refractivity contribution in [3.63, 3.8) is 0 Å². The molecule has 2 fully saturated rings. The summed E-state index contributed by atoms with van der Waals surface area (Å²) in [5.74, 6) is -0.249. The number of hydrogen-bond acceptors (Lipinski definition) is 6. The average molecular weight is 468 g/mol. The summed E-state index contributed by atoms with van der Waals surface area (Å²) in [7, 11) is -3.13. The minimum Gasteiger partial charge on any atom is -0.444 e. The Balaban J connectivity index is 1.77. The SMILES string of the molecule is Cc1cccc(C)c1N1C(=NC(=O)CCNC(=O)OC(C)(C)C)S[C@@H]2CS(=O)(=O)C[C@H]21. The molecule has 170 valence electrons. The van der Waals surface area contributed by atoms with E-state index < -0.39 is 21.5 Å². The highest BCUT2D eigenvalue weighted by Crippen LogP contribution is 2.43. The maximum absolute atomic E-state index is 12.5. The van der Waals surface area contributed by atoms with Crippen LogP contribution in [0.25, 0.3) is 0 Å². The summed E-state index contributed by atoms with van der Waals surface area (Å²) in [6.07, 6.45) is -0.558. The van der Waals surface area contributed by atoms with Crippen molar-refractivity contribution in [1.29, 1.82) is 0 Å². The minimum absolute atomic E-state index is 0.0253. The lowest BCUT2D eigenvalue weighted by Crippen LogP contribution is -2.38. The highest BCUT2D eigenvalue weighted by Gasteiger charge is 2.49. The molecule has 1 aromatic rings. The first kappa shape index (κ1) is 23.6. The third kappa shape index (κ3) is 5.79. The number of alkyl carbamates (subject to hydrolysis) is 1. The first-order chi connectivity index (χ1) is 14.4. The molecule has 2 saturated heterocycles. The van der Waals surface area contributed by atoms with Gasteiger partial charge in [0.15, 0.2) is 15.0 Å². The quantitative estimate of drug-likeness (QED) is 0.726. The number of amidine groups is 1. The van der Waals surface area contributed by atoms with Gasteiger partial charge in [-0.2, -0.15) is 4.99 Å². The number of thioether (sulfide) groups is 1. The van der Waals surface area contributed by atoms with E-state index in [-0.39, 0.29) is 41.7 Å². The van der Waals surface area contributed by atoms with Crippen LogP contribution >= 0.6 is 11.8 Å². The number of aliphatic imine (C=N–C) groups is 1. The van der Waals surface area contributed by atoms with Crippen LogP contribution in [-0.4, -0.2) is 60.5 Å². The molecule has 1 N–H and O–H groups in total. The van der Waals surface area contributed by atoms with Crippen molar-refractivity contribution in [3.05, 3.63) is 29.3 Å². The van der Waals surface area contributed by atoms with Crippen LogP contribution in [0, 0.1) is 13.8 Å². The standard InChI is InChI=1S/C21H29N3O5S2/c1-13-7-6-8-14(2)18(13)24-15-11-31(27,28)12-16(15)30-19(24)23-17(25)9-10-22-20(26)29-21(3,4)5/h6-8,15-16H,9-12H2,1-5H3,(H,22,26)/t15-,16-/m1/s1. The lowest BCUT2D eigenvalue weighted by Gasteiger charge is -2.28. The van der Waals surface area contributed by atoms with E-state index in [4.69, 9.17) is 4.74 Å². The maximum atomic E-state index is 12.5. The van der Waals surface area contributed by atoms with Crippen molar-refractivity contribution >= 4 is 44.5 Å². The third-order valence-electron chi connectivity index (χ3n) is 4.97. The molecule has 0 unspecified atom stereocenters. The molecule has 2 heterocycles. The van der Waals surface area contributed by atoms with Crippen LogP contribution in [-0.2, 0) is 19.4 Å². The van der Waals surface area contributed by atoms with Gasteiger partial charge in [0.1, 0.15) is 5.60 Å². The zero-order valence-corrected chi connectivity index (χ0v) is 20.1. The first-order valence-electron chi connectivity index (χ1n) is 10.2. The van der Waals surface area contributed by atoms with Gasteiger partial charge in [-0.3, -0.25) is 4.79 Å². The minimum atomic E-state index is -3.13. The van der Waals surface area contributed by atoms with Gasteiger partial charge in [-0.15, -0.1) is 0 Å². The monoisotopic (exact) mass is 467 g/mol. The molecule has 31 heavy (non-hydrogen) atoms. The van der Waals surface area contributed by atoms with E-state index in [1.54, 1.807) is 20.8 Å². The van der Waals surface area contributed by atoms with Gasteiger partial charge in [-0.05, 0) is 45.7 Å². The lowest BCUT2D eigenvalue weighted by atomic mass is 10.1. The van der Waals surface area contributed by atoms with E-state index in [1.165, 1.54) is 11.8 Å². The van der Waals surface area contributed by atoms with E-state index in [0.717, 1.165) is 16.8 Å². The van der Waals surface area contributed by atoms with E-state index in [1.807, 2.05) is 36.9 Å². The number of aryl methyl sites for hydroxylation is 2. The Morgan fingerprint density at radius 2 is 1.87 bits per heavy atom. The maximum Gasteiger partial charge on any atom is 0.407 e. The molecule has 1 aromatic carbocycles. The van der Waals surface area contributed by atoms with Crippen LogP contribution < -0.4 is 10.2 Å². The van der Waals surface area contributed by atoms with E-state index in [2.05, 4.69) is 10.3 Å². The molecule has 0 bridgehead atoms. The van der Waals surface area contributed by atoms with Crippen molar-refractivity contribution < 1.29 is 22.7 Å². The highest BCUT2D eigenvalue weighted by atomic mass is 32.2. The zero-order valence-electron chi connectivity index (χ0n) is 18.5. The summed E-state index contributed by atoms with van der Waals surface area (Å²) in [6.45, 7) is 9.34. The summed E-state index contributed by atoms with van der Waals surface area (Å²) in [5.41, 5.74) is 2.28. The van der Waals surface area contributed by atoms with Gasteiger partial charge in [0, 0.05) is 23.9 Å². The number of nitrogens with zero attached hydrogens (tertiary/aromatic N) is 2. The molecule has 2 atom stereocenters. The predicted octanol–water partition coefficient (Wildman–Crippen LogP) is 2.82. The normalized spacial score (nSPS) is 23.6. The molecule has 2 amide bonds. The Morgan fingerprint density at radius 1 is 1.23 bits per heavy atom. The molecule has 10 heteroatoms. The van der Waals surface area contributed by atoms with Gasteiger partial charge >= 0.3 is 6.09 Å². The number of benzene rings is 1. The number of hydrogen-bond donors (Lipinski definition) is 1. The lowest BCUT2D eigenvalue weighted by molar-refractivity contribution is -0.117. The fourth-order valence-corrected chi connectivity index (χ4v) is 7.68. The molecule has 0 radical (unpaired) electrons. The number of amides is 2. The van der Waals surface area contributed by atoms with Crippen LogP contribution in [0.3, 0.4) is 0 Å². The Labute approximate surface area is 187 Å². The molecule has 3 rings (SSSR count). The number of sulfone groups is 1. The number of carbonyl (C=O) groups excluding carboxylic acids is 2. The second kappa shape index (κ2) is 8.82. The summed E-state index contributed by atoms with van der Waals surface area (Å²) in [4.78, 5) is 30.5. The van der Waals surface area contributed by atoms with Gasteiger partial charge < -0.3 is 15.0 Å². The van der Waals surface area contributed by atoms with Crippen LogP contribution in [0.5, 0.6) is 0 Å². The zero-order chi connectivity index (χ0) is 23.0. The van der Waals surface area contributed by atoms with Gasteiger partial charge in [0.25, 0.3) is 0 Å². The topological polar surface area (TPSA) is 105 Å². The number of ether oxygens (including phenoxy) is 1. The van der Waals surface area contributed by atoms with Gasteiger partial charge in [-0.25, -0.2) is 13.2 Å². The van der Waals surface area contributed by atoms with Crippen molar-refractivity contribution in [2.45, 2.75) is 57.9 Å². The van der Waals surface area contributed by atoms with Crippen molar-refractivity contribution in [2.24, 2.45) is 4.99 Å². The number of carbonyl (C=O) groups is 2. The van der Waals surface area contributed by atoms with Gasteiger partial charge in [0.05, 0.1) is 17.5 Å². The molecule has 2 aliphatic rings. The van der Waals surface area contributed by atoms with Gasteiger partial charge in [0.2, 0.25) is 5.91 Å². The average Bonchev–Trinajstić information content (AvgIpc) is 3.05. The highest BCUT2D eigenvalue weighted by molar-refractivity contribution is 8.16. The largest absolute Gasteiger partial charge is 0.444 e. The predicted molar refractivity (Wildman–Crippen MR) is 124 cm³/mol. The first-order valence-corrected chi connectivity index (χ1v) is 12.9. The van der Waals surface area contributed by atoms with Crippen LogP contribution in [0.4, 0.5) is 10.5 Å². The number of anilines is 1. The number of fused-ring (bicyclic) bond motifs is 1. The second-order valence-electron chi connectivity index (χ2n) is 8.88. The Morgan fingerprint density at radius 3 is 2.48 bits per heavy atom. The fraction of sp³-hybridized carbons (Fsp3) is 0.571. The molecule has 0 saturated carbocycles. The summed E-state index contributed by atoms with van der Waals surface area (Å²) in [5, 5.41) is 2.92. The Bertz CT molecular complexity index is 994. The summed E-state index contributed by atoms with van der Waals surface area (Å²) in [6, 6.07) is 5.63. The fourth-order valence-electron chi connectivity index (χ4n) is 3.76. The molecule has 8 nitrogen and oxygen atoms in total. The number of rotatable bonds is 4. The molecule has 2 aliphatic heterocycles. The van der Waals surface area contributed by atoms with Crippen LogP contribution in [0.15, 0.2) is 23.2 Å². The second-order valence-corrected chi connectivity index (χ2v) is 12.2. The Kier molecular flexibility index (Phi) is 6.71. The number of nitrogens with one attached hydrogen (secondary N) is 1. The summed E-state index contributed by atoms with van der Waals surface area (Å²) < 4.78 is 29.6. The molecular formula is C21H29N3O5S2. The third-order valence-corrected chi connectivity index (χ3v) is 8.18. The molecule has 0 aromatic heterocycles. The van der Waals surface area contributed by atoms with Crippen molar-refractivity contribution in [3.8, 4) is 0 Å². The van der Waals surface area contributed by atoms with Crippen LogP contribution in [0.2, 0.25) is 0 Å². The molecular weight excluding hydrogens is 438 g/mol. The molecule has 0 aliphatic carbocycles.